The fraction of sp³-hybridized carbons (Fsp3) is 0.391. The van der Waals surface area contributed by atoms with Crippen LogP contribution in [-0.2, 0) is 20.9 Å². The minimum absolute atomic E-state index is 0.0424. The van der Waals surface area contributed by atoms with Crippen LogP contribution in [0.4, 0.5) is 0 Å². The lowest BCUT2D eigenvalue weighted by Crippen LogP contribution is -2.57. The van der Waals surface area contributed by atoms with Gasteiger partial charge >= 0.3 is 0 Å². The van der Waals surface area contributed by atoms with E-state index in [4.69, 9.17) is 21.1 Å². The lowest BCUT2D eigenvalue weighted by atomic mass is 9.96. The van der Waals surface area contributed by atoms with Crippen molar-refractivity contribution in [3.05, 3.63) is 65.2 Å². The molecule has 1 aliphatic heterocycles. The number of carbonyl (C=O) groups is 2. The molecule has 2 aromatic carbocycles. The molecule has 0 spiro atoms. The molecule has 30 heavy (non-hydrogen) atoms. The molecule has 0 aromatic heterocycles. The number of morpholine rings is 1. The van der Waals surface area contributed by atoms with E-state index in [-0.39, 0.29) is 24.8 Å². The summed E-state index contributed by atoms with van der Waals surface area (Å²) < 4.78 is 12.0. The topological polar surface area (TPSA) is 59.1 Å². The SMILES string of the molecule is CC(=O)N1CCOC(COc2ccc(Cl)cc2)(CC(=O)N(C)Cc2ccccc2)C1. The lowest BCUT2D eigenvalue weighted by Gasteiger charge is -2.42. The molecule has 0 radical (unpaired) electrons. The second-order valence-electron chi connectivity index (χ2n) is 7.63. The molecule has 7 heteroatoms. The van der Waals surface area contributed by atoms with Crippen LogP contribution < -0.4 is 4.74 Å². The summed E-state index contributed by atoms with van der Waals surface area (Å²) >= 11 is 5.94. The Bertz CT molecular complexity index is 859. The van der Waals surface area contributed by atoms with Crippen molar-refractivity contribution in [2.45, 2.75) is 25.5 Å². The van der Waals surface area contributed by atoms with Gasteiger partial charge in [-0.2, -0.15) is 0 Å². The average molecular weight is 431 g/mol. The molecule has 0 saturated carbocycles. The van der Waals surface area contributed by atoms with Crippen LogP contribution in [0.1, 0.15) is 18.9 Å². The van der Waals surface area contributed by atoms with E-state index in [0.717, 1.165) is 5.56 Å². The Hall–Kier alpha value is -2.57. The molecule has 1 fully saturated rings. The Labute approximate surface area is 182 Å². The second-order valence-corrected chi connectivity index (χ2v) is 8.06. The van der Waals surface area contributed by atoms with Gasteiger partial charge < -0.3 is 19.3 Å². The van der Waals surface area contributed by atoms with Crippen LogP contribution in [0, 0.1) is 0 Å². The summed E-state index contributed by atoms with van der Waals surface area (Å²) in [5.41, 5.74) is 0.140. The van der Waals surface area contributed by atoms with Crippen molar-refractivity contribution in [3.63, 3.8) is 0 Å². The summed E-state index contributed by atoms with van der Waals surface area (Å²) in [5, 5.41) is 0.617. The smallest absolute Gasteiger partial charge is 0.225 e. The predicted molar refractivity (Wildman–Crippen MR) is 115 cm³/mol. The highest BCUT2D eigenvalue weighted by atomic mass is 35.5. The predicted octanol–water partition coefficient (Wildman–Crippen LogP) is 3.39. The molecule has 1 saturated heterocycles. The molecule has 2 amide bonds. The molecular formula is C23H27ClN2O4. The molecule has 0 N–H and O–H groups in total. The first-order valence-corrected chi connectivity index (χ1v) is 10.3. The Balaban J connectivity index is 1.72. The first kappa shape index (κ1) is 22.1. The maximum atomic E-state index is 13.0. The number of carbonyl (C=O) groups excluding carboxylic acids is 2. The standard InChI is InChI=1S/C23H27ClN2O4/c1-18(27)26-12-13-30-23(16-26,17-29-21-10-8-20(24)9-11-21)14-22(28)25(2)15-19-6-4-3-5-7-19/h3-11H,12-17H2,1-2H3. The maximum absolute atomic E-state index is 13.0. The van der Waals surface area contributed by atoms with Gasteiger partial charge in [-0.05, 0) is 29.8 Å². The molecular weight excluding hydrogens is 404 g/mol. The maximum Gasteiger partial charge on any atom is 0.225 e. The van der Waals surface area contributed by atoms with Gasteiger partial charge in [-0.15, -0.1) is 0 Å². The number of hydrogen-bond acceptors (Lipinski definition) is 4. The number of rotatable bonds is 7. The van der Waals surface area contributed by atoms with E-state index in [1.54, 1.807) is 41.1 Å². The van der Waals surface area contributed by atoms with Crippen LogP contribution in [0.3, 0.4) is 0 Å². The van der Waals surface area contributed by atoms with Gasteiger partial charge in [-0.1, -0.05) is 41.9 Å². The van der Waals surface area contributed by atoms with Crippen molar-refractivity contribution >= 4 is 23.4 Å². The average Bonchev–Trinajstić information content (AvgIpc) is 2.74. The fourth-order valence-electron chi connectivity index (χ4n) is 3.46. The first-order chi connectivity index (χ1) is 14.4. The summed E-state index contributed by atoms with van der Waals surface area (Å²) in [6, 6.07) is 16.8. The number of benzene rings is 2. The molecule has 2 aromatic rings. The Morgan fingerprint density at radius 1 is 1.17 bits per heavy atom. The monoisotopic (exact) mass is 430 g/mol. The van der Waals surface area contributed by atoms with Crippen LogP contribution >= 0.6 is 11.6 Å². The van der Waals surface area contributed by atoms with Crippen LogP contribution in [0.2, 0.25) is 5.02 Å². The molecule has 6 nitrogen and oxygen atoms in total. The van der Waals surface area contributed by atoms with Crippen molar-refractivity contribution in [3.8, 4) is 5.75 Å². The first-order valence-electron chi connectivity index (χ1n) is 9.93. The zero-order valence-corrected chi connectivity index (χ0v) is 18.1. The van der Waals surface area contributed by atoms with Crippen molar-refractivity contribution in [2.75, 3.05) is 33.4 Å². The van der Waals surface area contributed by atoms with Crippen molar-refractivity contribution in [1.29, 1.82) is 0 Å². The molecule has 1 atom stereocenters. The summed E-state index contributed by atoms with van der Waals surface area (Å²) in [6.07, 6.45) is 0.119. The number of ether oxygens (including phenoxy) is 2. The number of nitrogens with zero attached hydrogens (tertiary/aromatic N) is 2. The molecule has 1 heterocycles. The van der Waals surface area contributed by atoms with E-state index >= 15 is 0 Å². The van der Waals surface area contributed by atoms with Crippen molar-refractivity contribution in [2.24, 2.45) is 0 Å². The quantitative estimate of drug-likeness (QED) is 0.675. The van der Waals surface area contributed by atoms with Crippen LogP contribution in [0.5, 0.6) is 5.75 Å². The third kappa shape index (κ3) is 5.97. The summed E-state index contributed by atoms with van der Waals surface area (Å²) in [7, 11) is 1.77. The zero-order valence-electron chi connectivity index (χ0n) is 17.3. The third-order valence-electron chi connectivity index (χ3n) is 5.17. The fourth-order valence-corrected chi connectivity index (χ4v) is 3.59. The summed E-state index contributed by atoms with van der Waals surface area (Å²) in [6.45, 7) is 3.36. The van der Waals surface area contributed by atoms with Gasteiger partial charge in [-0.3, -0.25) is 9.59 Å². The van der Waals surface area contributed by atoms with Gasteiger partial charge in [0, 0.05) is 32.1 Å². The molecule has 0 aliphatic carbocycles. The second kappa shape index (κ2) is 9.96. The van der Waals surface area contributed by atoms with Gasteiger partial charge in [0.25, 0.3) is 0 Å². The normalized spacial score (nSPS) is 18.7. The van der Waals surface area contributed by atoms with E-state index in [0.29, 0.717) is 37.0 Å². The Morgan fingerprint density at radius 3 is 2.53 bits per heavy atom. The molecule has 160 valence electrons. The van der Waals surface area contributed by atoms with E-state index in [9.17, 15) is 9.59 Å². The molecule has 0 bridgehead atoms. The van der Waals surface area contributed by atoms with Crippen molar-refractivity contribution in [1.82, 2.24) is 9.80 Å². The molecule has 1 unspecified atom stereocenters. The van der Waals surface area contributed by atoms with Crippen molar-refractivity contribution < 1.29 is 19.1 Å². The van der Waals surface area contributed by atoms with Gasteiger partial charge in [-0.25, -0.2) is 0 Å². The number of amides is 2. The van der Waals surface area contributed by atoms with Gasteiger partial charge in [0.15, 0.2) is 0 Å². The van der Waals surface area contributed by atoms with Gasteiger partial charge in [0.1, 0.15) is 18.0 Å². The summed E-state index contributed by atoms with van der Waals surface area (Å²) in [4.78, 5) is 28.4. The highest BCUT2D eigenvalue weighted by Crippen LogP contribution is 2.26. The highest BCUT2D eigenvalue weighted by Gasteiger charge is 2.41. The molecule has 1 aliphatic rings. The third-order valence-corrected chi connectivity index (χ3v) is 5.42. The molecule has 3 rings (SSSR count). The van der Waals surface area contributed by atoms with Gasteiger partial charge in [0.05, 0.1) is 19.6 Å². The Kier molecular flexibility index (Phi) is 7.34. The highest BCUT2D eigenvalue weighted by molar-refractivity contribution is 6.30. The lowest BCUT2D eigenvalue weighted by molar-refractivity contribution is -0.164. The van der Waals surface area contributed by atoms with E-state index in [2.05, 4.69) is 0 Å². The van der Waals surface area contributed by atoms with E-state index in [1.807, 2.05) is 30.3 Å². The number of halogens is 1. The largest absolute Gasteiger partial charge is 0.490 e. The number of hydrogen-bond donors (Lipinski definition) is 0. The van der Waals surface area contributed by atoms with Gasteiger partial charge in [0.2, 0.25) is 11.8 Å². The minimum atomic E-state index is -0.911. The van der Waals surface area contributed by atoms with E-state index in [1.165, 1.54) is 6.92 Å². The minimum Gasteiger partial charge on any atom is -0.490 e. The van der Waals surface area contributed by atoms with E-state index < -0.39 is 5.60 Å². The zero-order chi connectivity index (χ0) is 21.6. The van der Waals surface area contributed by atoms with Crippen LogP contribution in [-0.4, -0.2) is 60.6 Å². The Morgan fingerprint density at radius 2 is 1.87 bits per heavy atom. The summed E-state index contributed by atoms with van der Waals surface area (Å²) in [5.74, 6) is 0.524. The van der Waals surface area contributed by atoms with Crippen LogP contribution in [0.25, 0.3) is 0 Å². The van der Waals surface area contributed by atoms with Crippen LogP contribution in [0.15, 0.2) is 54.6 Å².